The third kappa shape index (κ3) is 9.78. The third-order valence-corrected chi connectivity index (χ3v) is 14.3. The first-order chi connectivity index (χ1) is 23.9. The number of benzene rings is 5. The average Bonchev–Trinajstić information content (AvgIpc) is 3.12. The molecule has 50 heavy (non-hydrogen) atoms. The molecule has 0 bridgehead atoms. The van der Waals surface area contributed by atoms with Crippen molar-refractivity contribution in [2.24, 2.45) is 10.8 Å². The van der Waals surface area contributed by atoms with E-state index in [1.165, 1.54) is 21.2 Å². The predicted octanol–water partition coefficient (Wildman–Crippen LogP) is 8.24. The average molecular weight is 701 g/mol. The molecule has 0 spiro atoms. The van der Waals surface area contributed by atoms with Crippen LogP contribution in [0.15, 0.2) is 146 Å². The highest BCUT2D eigenvalue weighted by Gasteiger charge is 2.33. The topological polar surface area (TPSA) is 58.2 Å². The lowest BCUT2D eigenvalue weighted by Gasteiger charge is -2.35. The fraction of sp³-hybridized carbons (Fsp3) is 0.273. The number of nitrogens with one attached hydrogen (secondary N) is 2. The van der Waals surface area contributed by atoms with Gasteiger partial charge in [0, 0.05) is 12.1 Å². The number of hydrogen-bond acceptors (Lipinski definition) is 2. The van der Waals surface area contributed by atoms with Crippen molar-refractivity contribution in [1.29, 1.82) is 0 Å². The van der Waals surface area contributed by atoms with Gasteiger partial charge < -0.3 is 10.6 Å². The fourth-order valence-electron chi connectivity index (χ4n) is 5.94. The van der Waals surface area contributed by atoms with Crippen LogP contribution in [0.1, 0.15) is 62.3 Å². The third-order valence-electron chi connectivity index (χ3n) is 9.12. The molecule has 5 aromatic rings. The van der Waals surface area contributed by atoms with Crippen LogP contribution in [0.3, 0.4) is 0 Å². The summed E-state index contributed by atoms with van der Waals surface area (Å²) >= 11 is 0. The van der Waals surface area contributed by atoms with Crippen molar-refractivity contribution < 1.29 is 9.59 Å². The van der Waals surface area contributed by atoms with E-state index in [0.29, 0.717) is 11.1 Å². The highest BCUT2D eigenvalue weighted by Crippen LogP contribution is 2.39. The summed E-state index contributed by atoms with van der Waals surface area (Å²) in [4.78, 5) is 28.5. The Morgan fingerprint density at radius 1 is 0.440 bits per heavy atom. The molecule has 258 valence electrons. The van der Waals surface area contributed by atoms with E-state index >= 15 is 0 Å². The SMILES string of the molecule is CC(C)(C)[C@@H](CP(c1ccccc1)c1ccccc1)NC(=O)c1ccccc1C(=O)N[C@H](CP(c1ccccc1)c1ccccc1)C(C)(C)C. The quantitative estimate of drug-likeness (QED) is 0.129. The molecule has 4 nitrogen and oxygen atoms in total. The molecule has 0 saturated heterocycles. The second kappa shape index (κ2) is 16.7. The first-order valence-corrected chi connectivity index (χ1v) is 20.4. The molecule has 0 heterocycles. The molecule has 0 aliphatic carbocycles. The van der Waals surface area contributed by atoms with Gasteiger partial charge in [0.2, 0.25) is 0 Å². The van der Waals surface area contributed by atoms with Gasteiger partial charge in [-0.15, -0.1) is 0 Å². The highest BCUT2D eigenvalue weighted by atomic mass is 31.1. The molecule has 0 radical (unpaired) electrons. The lowest BCUT2D eigenvalue weighted by molar-refractivity contribution is 0.0877. The van der Waals surface area contributed by atoms with Gasteiger partial charge in [-0.2, -0.15) is 0 Å². The molecule has 2 atom stereocenters. The maximum absolute atomic E-state index is 14.2. The summed E-state index contributed by atoms with van der Waals surface area (Å²) in [7, 11) is -1.48. The summed E-state index contributed by atoms with van der Waals surface area (Å²) in [5.74, 6) is -0.454. The van der Waals surface area contributed by atoms with Crippen LogP contribution in [0.2, 0.25) is 0 Å². The Morgan fingerprint density at radius 3 is 0.920 bits per heavy atom. The number of hydrogen-bond donors (Lipinski definition) is 2. The zero-order valence-corrected chi connectivity index (χ0v) is 31.9. The van der Waals surface area contributed by atoms with Gasteiger partial charge in [-0.05, 0) is 72.3 Å². The Kier molecular flexibility index (Phi) is 12.4. The number of amides is 2. The maximum Gasteiger partial charge on any atom is 0.252 e. The van der Waals surface area contributed by atoms with Crippen molar-refractivity contribution in [2.45, 2.75) is 53.6 Å². The van der Waals surface area contributed by atoms with E-state index in [-0.39, 0.29) is 34.7 Å². The van der Waals surface area contributed by atoms with Crippen LogP contribution in [-0.2, 0) is 0 Å². The maximum atomic E-state index is 14.2. The Morgan fingerprint density at radius 2 is 0.680 bits per heavy atom. The fourth-order valence-corrected chi connectivity index (χ4v) is 11.5. The van der Waals surface area contributed by atoms with Gasteiger partial charge in [0.1, 0.15) is 0 Å². The van der Waals surface area contributed by atoms with Crippen molar-refractivity contribution in [3.63, 3.8) is 0 Å². The zero-order valence-electron chi connectivity index (χ0n) is 30.1. The normalized spacial score (nSPS) is 13.1. The van der Waals surface area contributed by atoms with Gasteiger partial charge in [0.25, 0.3) is 11.8 Å². The summed E-state index contributed by atoms with van der Waals surface area (Å²) in [6, 6.07) is 49.3. The van der Waals surface area contributed by atoms with Gasteiger partial charge in [-0.1, -0.05) is 175 Å². The minimum absolute atomic E-state index is 0.139. The van der Waals surface area contributed by atoms with E-state index < -0.39 is 15.8 Å². The largest absolute Gasteiger partial charge is 0.348 e. The molecular formula is C44H50N2O2P2. The van der Waals surface area contributed by atoms with E-state index in [0.717, 1.165) is 12.3 Å². The Labute approximate surface area is 301 Å². The molecule has 0 unspecified atom stereocenters. The van der Waals surface area contributed by atoms with E-state index in [4.69, 9.17) is 0 Å². The van der Waals surface area contributed by atoms with Gasteiger partial charge in [-0.3, -0.25) is 9.59 Å². The summed E-state index contributed by atoms with van der Waals surface area (Å²) in [6.45, 7) is 13.0. The molecule has 0 aliphatic rings. The van der Waals surface area contributed by atoms with Crippen molar-refractivity contribution in [2.75, 3.05) is 12.3 Å². The van der Waals surface area contributed by atoms with E-state index in [9.17, 15) is 9.59 Å². The second-order valence-corrected chi connectivity index (χ2v) is 19.4. The Bertz CT molecular complexity index is 1600. The van der Waals surface area contributed by atoms with Crippen molar-refractivity contribution in [3.8, 4) is 0 Å². The standard InChI is InChI=1S/C44H50N2O2P2/c1-43(2,3)39(31-49(33-21-11-7-12-22-33)34-23-13-8-14-24-34)45-41(47)37-29-19-20-30-38(37)42(48)46-40(44(4,5)6)32-50(35-25-15-9-16-26-35)36-27-17-10-18-28-36/h7-30,39-40H,31-32H2,1-6H3,(H,45,47)(H,46,48)/t39-,40-/m1/s1. The first kappa shape index (κ1) is 37.2. The number of carbonyl (C=O) groups is 2. The highest BCUT2D eigenvalue weighted by molar-refractivity contribution is 7.73. The summed E-state index contributed by atoms with van der Waals surface area (Å²) in [6.07, 6.45) is 1.56. The van der Waals surface area contributed by atoms with Crippen LogP contribution >= 0.6 is 15.8 Å². The van der Waals surface area contributed by atoms with Crippen molar-refractivity contribution in [3.05, 3.63) is 157 Å². The van der Waals surface area contributed by atoms with Crippen LogP contribution in [0.4, 0.5) is 0 Å². The lowest BCUT2D eigenvalue weighted by Crippen LogP contribution is -2.48. The molecule has 2 N–H and O–H groups in total. The van der Waals surface area contributed by atoms with Crippen molar-refractivity contribution in [1.82, 2.24) is 10.6 Å². The van der Waals surface area contributed by atoms with Gasteiger partial charge in [0.05, 0.1) is 11.1 Å². The van der Waals surface area contributed by atoms with Crippen LogP contribution in [0.5, 0.6) is 0 Å². The van der Waals surface area contributed by atoms with E-state index in [2.05, 4.69) is 149 Å². The smallest absolute Gasteiger partial charge is 0.252 e. The van der Waals surface area contributed by atoms with Crippen LogP contribution < -0.4 is 31.9 Å². The lowest BCUT2D eigenvalue weighted by atomic mass is 9.87. The molecule has 0 saturated carbocycles. The predicted molar refractivity (Wildman–Crippen MR) is 216 cm³/mol. The molecule has 0 fully saturated rings. The Hall–Kier alpha value is -4.10. The van der Waals surface area contributed by atoms with E-state index in [1.54, 1.807) is 12.1 Å². The molecule has 6 heteroatoms. The monoisotopic (exact) mass is 700 g/mol. The number of carbonyl (C=O) groups excluding carboxylic acids is 2. The number of rotatable bonds is 12. The second-order valence-electron chi connectivity index (χ2n) is 14.9. The molecule has 5 rings (SSSR count). The van der Waals surface area contributed by atoms with Crippen LogP contribution in [0.25, 0.3) is 0 Å². The summed E-state index contributed by atoms with van der Waals surface area (Å²) < 4.78 is 0. The van der Waals surface area contributed by atoms with E-state index in [1.807, 2.05) is 36.4 Å². The minimum atomic E-state index is -0.738. The van der Waals surface area contributed by atoms with Gasteiger partial charge in [0.15, 0.2) is 0 Å². The molecule has 5 aromatic carbocycles. The summed E-state index contributed by atoms with van der Waals surface area (Å²) in [5.41, 5.74) is 0.342. The first-order valence-electron chi connectivity index (χ1n) is 17.4. The summed E-state index contributed by atoms with van der Waals surface area (Å²) in [5, 5.41) is 11.9. The molecular weight excluding hydrogens is 650 g/mol. The molecule has 2 amide bonds. The van der Waals surface area contributed by atoms with Gasteiger partial charge >= 0.3 is 0 Å². The Balaban J connectivity index is 1.40. The minimum Gasteiger partial charge on any atom is -0.348 e. The molecule has 0 aromatic heterocycles. The van der Waals surface area contributed by atoms with Gasteiger partial charge in [-0.25, -0.2) is 0 Å². The van der Waals surface area contributed by atoms with Crippen LogP contribution in [-0.4, -0.2) is 36.2 Å². The van der Waals surface area contributed by atoms with Crippen molar-refractivity contribution >= 4 is 48.9 Å². The zero-order chi connectivity index (χ0) is 35.7. The molecule has 0 aliphatic heterocycles. The van der Waals surface area contributed by atoms with Crippen LogP contribution in [0, 0.1) is 10.8 Å².